The predicted molar refractivity (Wildman–Crippen MR) is 122 cm³/mol. The predicted octanol–water partition coefficient (Wildman–Crippen LogP) is 2.60. The highest BCUT2D eigenvalue weighted by molar-refractivity contribution is 5.94. The van der Waals surface area contributed by atoms with E-state index >= 15 is 0 Å². The molecule has 0 aliphatic carbocycles. The van der Waals surface area contributed by atoms with Crippen molar-refractivity contribution in [2.45, 2.75) is 58.3 Å². The summed E-state index contributed by atoms with van der Waals surface area (Å²) < 4.78 is 5.60. The summed E-state index contributed by atoms with van der Waals surface area (Å²) in [6.45, 7) is 5.40. The second-order valence-corrected chi connectivity index (χ2v) is 8.42. The first kappa shape index (κ1) is 22.9. The Kier molecular flexibility index (Phi) is 7.33. The molecule has 2 aliphatic rings. The molecule has 33 heavy (non-hydrogen) atoms. The minimum absolute atomic E-state index is 0.0473. The second kappa shape index (κ2) is 10.6. The number of carboxylic acids is 1. The minimum atomic E-state index is -1.07. The van der Waals surface area contributed by atoms with E-state index in [4.69, 9.17) is 19.8 Å². The number of aromatic carboxylic acids is 1. The van der Waals surface area contributed by atoms with Crippen LogP contribution in [0.5, 0.6) is 0 Å². The Morgan fingerprint density at radius 3 is 2.85 bits per heavy atom. The summed E-state index contributed by atoms with van der Waals surface area (Å²) in [5.74, 6) is 0.0992. The quantitative estimate of drug-likeness (QED) is 0.464. The molecule has 0 aromatic carbocycles. The largest absolute Gasteiger partial charge is 0.478 e. The van der Waals surface area contributed by atoms with Gasteiger partial charge in [0.2, 0.25) is 5.95 Å². The molecule has 176 valence electrons. The number of pyridine rings is 1. The molecule has 4 rings (SSSR count). The van der Waals surface area contributed by atoms with Crippen LogP contribution in [0, 0.1) is 0 Å². The molecule has 1 amide bonds. The van der Waals surface area contributed by atoms with Crippen molar-refractivity contribution < 1.29 is 19.4 Å². The Bertz CT molecular complexity index is 997. The Morgan fingerprint density at radius 1 is 1.21 bits per heavy atom. The molecule has 10 nitrogen and oxygen atoms in total. The maximum Gasteiger partial charge on any atom is 0.337 e. The van der Waals surface area contributed by atoms with E-state index < -0.39 is 5.97 Å². The standard InChI is InChI=1S/C23H30N6O4/c1-2-3-4-5-9-24-20-17-13-33-14-19(17)27-23(28-20)29-10-8-16(12-29)26-21(30)18-7-6-15(11-25-18)22(31)32/h6-7,11,16H,2-5,8-10,12-14H2,1H3,(H,26,30)(H,31,32)(H,24,27,28). The SMILES string of the molecule is CCCCCCNc1nc(N2CCC(NC(=O)c3ccc(C(=O)O)cn3)C2)nc2c1COC2. The monoisotopic (exact) mass is 454 g/mol. The van der Waals surface area contributed by atoms with Gasteiger partial charge < -0.3 is 25.4 Å². The number of aromatic nitrogens is 3. The smallest absolute Gasteiger partial charge is 0.337 e. The summed E-state index contributed by atoms with van der Waals surface area (Å²) in [6.07, 6.45) is 6.68. The highest BCUT2D eigenvalue weighted by atomic mass is 16.5. The summed E-state index contributed by atoms with van der Waals surface area (Å²) >= 11 is 0. The Balaban J connectivity index is 1.37. The molecule has 0 spiro atoms. The van der Waals surface area contributed by atoms with Crippen LogP contribution in [0.4, 0.5) is 11.8 Å². The van der Waals surface area contributed by atoms with Gasteiger partial charge in [0.25, 0.3) is 5.91 Å². The van der Waals surface area contributed by atoms with E-state index in [0.717, 1.165) is 43.0 Å². The molecule has 1 atom stereocenters. The lowest BCUT2D eigenvalue weighted by molar-refractivity contribution is 0.0695. The number of unbranched alkanes of at least 4 members (excludes halogenated alkanes) is 3. The molecule has 3 N–H and O–H groups in total. The highest BCUT2D eigenvalue weighted by Crippen LogP contribution is 2.28. The summed E-state index contributed by atoms with van der Waals surface area (Å²) in [7, 11) is 0. The van der Waals surface area contributed by atoms with Gasteiger partial charge in [0.1, 0.15) is 11.5 Å². The number of rotatable bonds is 10. The number of nitrogens with one attached hydrogen (secondary N) is 2. The first-order valence-electron chi connectivity index (χ1n) is 11.5. The number of ether oxygens (including phenoxy) is 1. The molecule has 2 aromatic heterocycles. The van der Waals surface area contributed by atoms with Gasteiger partial charge in [-0.25, -0.2) is 9.78 Å². The van der Waals surface area contributed by atoms with Gasteiger partial charge in [-0.15, -0.1) is 0 Å². The fourth-order valence-electron chi connectivity index (χ4n) is 4.06. The van der Waals surface area contributed by atoms with Crippen LogP contribution in [-0.4, -0.2) is 57.6 Å². The van der Waals surface area contributed by atoms with E-state index in [1.165, 1.54) is 37.6 Å². The molecule has 0 radical (unpaired) electrons. The lowest BCUT2D eigenvalue weighted by atomic mass is 10.2. The average Bonchev–Trinajstić information content (AvgIpc) is 3.48. The van der Waals surface area contributed by atoms with E-state index in [1.54, 1.807) is 0 Å². The zero-order chi connectivity index (χ0) is 23.2. The second-order valence-electron chi connectivity index (χ2n) is 8.42. The Labute approximate surface area is 192 Å². The molecule has 1 saturated heterocycles. The van der Waals surface area contributed by atoms with Crippen LogP contribution in [0.1, 0.15) is 71.1 Å². The molecule has 0 saturated carbocycles. The summed E-state index contributed by atoms with van der Waals surface area (Å²) in [6, 6.07) is 2.73. The van der Waals surface area contributed by atoms with Gasteiger partial charge in [0, 0.05) is 37.4 Å². The van der Waals surface area contributed by atoms with Crippen molar-refractivity contribution in [1.82, 2.24) is 20.3 Å². The van der Waals surface area contributed by atoms with Crippen molar-refractivity contribution in [1.29, 1.82) is 0 Å². The van der Waals surface area contributed by atoms with Crippen LogP contribution in [0.25, 0.3) is 0 Å². The maximum atomic E-state index is 12.5. The van der Waals surface area contributed by atoms with Crippen LogP contribution in [0.2, 0.25) is 0 Å². The third-order valence-corrected chi connectivity index (χ3v) is 5.94. The van der Waals surface area contributed by atoms with Crippen molar-refractivity contribution in [3.8, 4) is 0 Å². The number of hydrogen-bond donors (Lipinski definition) is 3. The molecular formula is C23H30N6O4. The molecule has 2 aromatic rings. The van der Waals surface area contributed by atoms with E-state index in [1.807, 2.05) is 0 Å². The maximum absolute atomic E-state index is 12.5. The van der Waals surface area contributed by atoms with E-state index in [2.05, 4.69) is 27.4 Å². The average molecular weight is 455 g/mol. The van der Waals surface area contributed by atoms with Gasteiger partial charge in [0.05, 0.1) is 24.5 Å². The zero-order valence-electron chi connectivity index (χ0n) is 18.8. The lowest BCUT2D eigenvalue weighted by Gasteiger charge is -2.19. The molecule has 1 unspecified atom stereocenters. The first-order chi connectivity index (χ1) is 16.0. The van der Waals surface area contributed by atoms with Crippen molar-refractivity contribution in [2.75, 3.05) is 29.9 Å². The fourth-order valence-corrected chi connectivity index (χ4v) is 4.06. The first-order valence-corrected chi connectivity index (χ1v) is 11.5. The van der Waals surface area contributed by atoms with Gasteiger partial charge >= 0.3 is 5.97 Å². The Hall–Kier alpha value is -3.27. The van der Waals surface area contributed by atoms with Crippen LogP contribution in [0.15, 0.2) is 18.3 Å². The number of nitrogens with zero attached hydrogens (tertiary/aromatic N) is 4. The zero-order valence-corrected chi connectivity index (χ0v) is 18.8. The van der Waals surface area contributed by atoms with Gasteiger partial charge in [-0.05, 0) is 25.0 Å². The van der Waals surface area contributed by atoms with E-state index in [0.29, 0.717) is 25.7 Å². The third-order valence-electron chi connectivity index (χ3n) is 5.94. The number of hydrogen-bond acceptors (Lipinski definition) is 8. The normalized spacial score (nSPS) is 17.1. The van der Waals surface area contributed by atoms with Gasteiger partial charge in [-0.1, -0.05) is 26.2 Å². The minimum Gasteiger partial charge on any atom is -0.478 e. The highest BCUT2D eigenvalue weighted by Gasteiger charge is 2.29. The van der Waals surface area contributed by atoms with E-state index in [-0.39, 0.29) is 23.2 Å². The molecule has 1 fully saturated rings. The number of amides is 1. The van der Waals surface area contributed by atoms with Gasteiger partial charge in [-0.3, -0.25) is 9.78 Å². The van der Waals surface area contributed by atoms with Crippen molar-refractivity contribution in [3.63, 3.8) is 0 Å². The fraction of sp³-hybridized carbons (Fsp3) is 0.522. The number of carbonyl (C=O) groups is 2. The van der Waals surface area contributed by atoms with E-state index in [9.17, 15) is 9.59 Å². The van der Waals surface area contributed by atoms with Crippen LogP contribution in [-0.2, 0) is 18.0 Å². The van der Waals surface area contributed by atoms with Gasteiger partial charge in [0.15, 0.2) is 0 Å². The van der Waals surface area contributed by atoms with Crippen LogP contribution in [0.3, 0.4) is 0 Å². The van der Waals surface area contributed by atoms with Crippen molar-refractivity contribution >= 4 is 23.6 Å². The van der Waals surface area contributed by atoms with Crippen LogP contribution >= 0.6 is 0 Å². The molecule has 10 heteroatoms. The Morgan fingerprint density at radius 2 is 2.09 bits per heavy atom. The summed E-state index contributed by atoms with van der Waals surface area (Å²) in [5, 5.41) is 15.4. The third kappa shape index (κ3) is 5.57. The van der Waals surface area contributed by atoms with Gasteiger partial charge in [-0.2, -0.15) is 4.98 Å². The lowest BCUT2D eigenvalue weighted by Crippen LogP contribution is -2.37. The number of fused-ring (bicyclic) bond motifs is 1. The molecular weight excluding hydrogens is 424 g/mol. The van der Waals surface area contributed by atoms with Crippen LogP contribution < -0.4 is 15.5 Å². The number of carboxylic acid groups (broad SMARTS) is 1. The number of anilines is 2. The molecule has 4 heterocycles. The van der Waals surface area contributed by atoms with Crippen molar-refractivity contribution in [2.24, 2.45) is 0 Å². The summed E-state index contributed by atoms with van der Waals surface area (Å²) in [4.78, 5) is 39.0. The summed E-state index contributed by atoms with van der Waals surface area (Å²) in [5.41, 5.74) is 2.20. The molecule has 0 bridgehead atoms. The number of carbonyl (C=O) groups excluding carboxylic acids is 1. The van der Waals surface area contributed by atoms with Crippen molar-refractivity contribution in [3.05, 3.63) is 40.8 Å². The topological polar surface area (TPSA) is 130 Å². The molecule has 2 aliphatic heterocycles.